The predicted molar refractivity (Wildman–Crippen MR) is 64.0 cm³/mol. The molecular weight excluding hydrogens is 200 g/mol. The largest absolute Gasteiger partial charge is 0.508 e. The van der Waals surface area contributed by atoms with E-state index in [4.69, 9.17) is 5.26 Å². The molecule has 86 valence electrons. The molecule has 1 aromatic carbocycles. The van der Waals surface area contributed by atoms with Crippen LogP contribution in [0.2, 0.25) is 0 Å². The fourth-order valence-electron chi connectivity index (χ4n) is 1.48. The Kier molecular flexibility index (Phi) is 4.33. The Bertz CT molecular complexity index is 393. The van der Waals surface area contributed by atoms with Gasteiger partial charge in [0.05, 0.1) is 6.07 Å². The van der Waals surface area contributed by atoms with Crippen molar-refractivity contribution < 1.29 is 5.11 Å². The Labute approximate surface area is 96.7 Å². The lowest BCUT2D eigenvalue weighted by molar-refractivity contribution is 0.453. The maximum Gasteiger partial charge on any atom is 0.124 e. The minimum atomic E-state index is -0.442. The third-order valence-corrected chi connectivity index (χ3v) is 2.35. The summed E-state index contributed by atoms with van der Waals surface area (Å²) in [6.45, 7) is 6.86. The van der Waals surface area contributed by atoms with Crippen molar-refractivity contribution in [1.82, 2.24) is 5.32 Å². The molecule has 0 heterocycles. The van der Waals surface area contributed by atoms with Crippen LogP contribution in [0, 0.1) is 24.2 Å². The number of hydrogen-bond donors (Lipinski definition) is 2. The Balaban J connectivity index is 2.87. The van der Waals surface area contributed by atoms with Crippen LogP contribution in [0.3, 0.4) is 0 Å². The number of phenols is 1. The quantitative estimate of drug-likeness (QED) is 0.816. The highest BCUT2D eigenvalue weighted by Crippen LogP contribution is 2.24. The van der Waals surface area contributed by atoms with Gasteiger partial charge in [-0.3, -0.25) is 5.32 Å². The van der Waals surface area contributed by atoms with Crippen LogP contribution in [-0.4, -0.2) is 11.7 Å². The fourth-order valence-corrected chi connectivity index (χ4v) is 1.48. The lowest BCUT2D eigenvalue weighted by Gasteiger charge is -2.15. The first kappa shape index (κ1) is 12.5. The van der Waals surface area contributed by atoms with Gasteiger partial charge in [0.25, 0.3) is 0 Å². The second-order valence-corrected chi connectivity index (χ2v) is 4.43. The van der Waals surface area contributed by atoms with Crippen molar-refractivity contribution >= 4 is 0 Å². The van der Waals surface area contributed by atoms with Crippen molar-refractivity contribution in [3.63, 3.8) is 0 Å². The molecule has 3 heteroatoms. The molecule has 0 aliphatic carbocycles. The summed E-state index contributed by atoms with van der Waals surface area (Å²) in [5.41, 5.74) is 1.70. The summed E-state index contributed by atoms with van der Waals surface area (Å²) in [5.74, 6) is 0.649. The van der Waals surface area contributed by atoms with Crippen LogP contribution in [0.1, 0.15) is 31.0 Å². The first-order chi connectivity index (χ1) is 7.54. The molecule has 16 heavy (non-hydrogen) atoms. The number of rotatable bonds is 4. The van der Waals surface area contributed by atoms with Gasteiger partial charge < -0.3 is 5.11 Å². The zero-order valence-corrected chi connectivity index (χ0v) is 9.99. The molecular formula is C13H18N2O. The number of nitrogens with one attached hydrogen (secondary N) is 1. The van der Waals surface area contributed by atoms with Gasteiger partial charge in [0, 0.05) is 5.56 Å². The van der Waals surface area contributed by atoms with Crippen LogP contribution in [0.5, 0.6) is 5.75 Å². The van der Waals surface area contributed by atoms with Crippen LogP contribution >= 0.6 is 0 Å². The highest BCUT2D eigenvalue weighted by atomic mass is 16.3. The van der Waals surface area contributed by atoms with Crippen molar-refractivity contribution in [3.05, 3.63) is 29.3 Å². The number of nitrogens with zero attached hydrogens (tertiary/aromatic N) is 1. The molecule has 0 aromatic heterocycles. The van der Waals surface area contributed by atoms with Crippen LogP contribution in [0.25, 0.3) is 0 Å². The molecule has 2 N–H and O–H groups in total. The Morgan fingerprint density at radius 1 is 1.44 bits per heavy atom. The van der Waals surface area contributed by atoms with Gasteiger partial charge in [-0.2, -0.15) is 5.26 Å². The number of aryl methyl sites for hydroxylation is 1. The van der Waals surface area contributed by atoms with E-state index in [0.717, 1.165) is 12.1 Å². The molecule has 1 aromatic rings. The van der Waals surface area contributed by atoms with E-state index < -0.39 is 6.04 Å². The molecule has 0 aliphatic rings. The highest BCUT2D eigenvalue weighted by Gasteiger charge is 2.14. The molecule has 1 atom stereocenters. The summed E-state index contributed by atoms with van der Waals surface area (Å²) in [7, 11) is 0. The van der Waals surface area contributed by atoms with E-state index in [-0.39, 0.29) is 5.75 Å². The molecule has 0 radical (unpaired) electrons. The average molecular weight is 218 g/mol. The molecule has 0 saturated carbocycles. The molecule has 0 amide bonds. The standard InChI is InChI=1S/C13H18N2O/c1-9(2)8-15-12(7-14)11-6-10(3)4-5-13(11)16/h4-6,9,12,15-16H,8H2,1-3H3. The van der Waals surface area contributed by atoms with E-state index in [1.807, 2.05) is 19.1 Å². The second kappa shape index (κ2) is 5.53. The molecule has 1 rings (SSSR count). The number of phenolic OH excluding ortho intramolecular Hbond substituents is 1. The molecule has 0 saturated heterocycles. The zero-order chi connectivity index (χ0) is 12.1. The number of aromatic hydroxyl groups is 1. The van der Waals surface area contributed by atoms with Crippen LogP contribution in [-0.2, 0) is 0 Å². The third-order valence-electron chi connectivity index (χ3n) is 2.35. The lowest BCUT2D eigenvalue weighted by atomic mass is 10.0. The fraction of sp³-hybridized carbons (Fsp3) is 0.462. The minimum Gasteiger partial charge on any atom is -0.508 e. The average Bonchev–Trinajstić information content (AvgIpc) is 2.23. The summed E-state index contributed by atoms with van der Waals surface area (Å²) < 4.78 is 0. The molecule has 0 spiro atoms. The number of nitriles is 1. The van der Waals surface area contributed by atoms with Crippen LogP contribution in [0.15, 0.2) is 18.2 Å². The van der Waals surface area contributed by atoms with Crippen molar-refractivity contribution in [2.75, 3.05) is 6.54 Å². The molecule has 3 nitrogen and oxygen atoms in total. The molecule has 0 fully saturated rings. The van der Waals surface area contributed by atoms with Gasteiger partial charge in [0.2, 0.25) is 0 Å². The summed E-state index contributed by atoms with van der Waals surface area (Å²) in [6, 6.07) is 7.03. The van der Waals surface area contributed by atoms with Gasteiger partial charge >= 0.3 is 0 Å². The van der Waals surface area contributed by atoms with Crippen LogP contribution in [0.4, 0.5) is 0 Å². The van der Waals surface area contributed by atoms with Crippen molar-refractivity contribution in [1.29, 1.82) is 5.26 Å². The van der Waals surface area contributed by atoms with Gasteiger partial charge in [-0.05, 0) is 31.5 Å². The topological polar surface area (TPSA) is 56.0 Å². The van der Waals surface area contributed by atoms with Gasteiger partial charge in [0.15, 0.2) is 0 Å². The van der Waals surface area contributed by atoms with E-state index in [0.29, 0.717) is 11.5 Å². The van der Waals surface area contributed by atoms with Gasteiger partial charge in [-0.1, -0.05) is 25.5 Å². The Morgan fingerprint density at radius 3 is 2.69 bits per heavy atom. The van der Waals surface area contributed by atoms with E-state index >= 15 is 0 Å². The second-order valence-electron chi connectivity index (χ2n) is 4.43. The number of hydrogen-bond acceptors (Lipinski definition) is 3. The van der Waals surface area contributed by atoms with Gasteiger partial charge in [0.1, 0.15) is 11.8 Å². The van der Waals surface area contributed by atoms with Crippen molar-refractivity contribution in [2.45, 2.75) is 26.8 Å². The minimum absolute atomic E-state index is 0.174. The van der Waals surface area contributed by atoms with Crippen molar-refractivity contribution in [2.24, 2.45) is 5.92 Å². The SMILES string of the molecule is Cc1ccc(O)c(C(C#N)NCC(C)C)c1. The predicted octanol–water partition coefficient (Wildman–Crippen LogP) is 2.51. The molecule has 1 unspecified atom stereocenters. The maximum absolute atomic E-state index is 9.71. The first-order valence-corrected chi connectivity index (χ1v) is 5.47. The maximum atomic E-state index is 9.71. The third kappa shape index (κ3) is 3.25. The summed E-state index contributed by atoms with van der Waals surface area (Å²) in [4.78, 5) is 0. The smallest absolute Gasteiger partial charge is 0.124 e. The highest BCUT2D eigenvalue weighted by molar-refractivity contribution is 5.40. The zero-order valence-electron chi connectivity index (χ0n) is 9.99. The molecule has 0 bridgehead atoms. The Morgan fingerprint density at radius 2 is 2.12 bits per heavy atom. The van der Waals surface area contributed by atoms with E-state index in [1.54, 1.807) is 6.07 Å². The summed E-state index contributed by atoms with van der Waals surface area (Å²) >= 11 is 0. The molecule has 0 aliphatic heterocycles. The van der Waals surface area contributed by atoms with Gasteiger partial charge in [-0.15, -0.1) is 0 Å². The van der Waals surface area contributed by atoms with E-state index in [2.05, 4.69) is 25.2 Å². The Hall–Kier alpha value is -1.53. The normalized spacial score (nSPS) is 12.4. The van der Waals surface area contributed by atoms with E-state index in [1.165, 1.54) is 0 Å². The lowest BCUT2D eigenvalue weighted by Crippen LogP contribution is -2.24. The van der Waals surface area contributed by atoms with E-state index in [9.17, 15) is 5.11 Å². The monoisotopic (exact) mass is 218 g/mol. The summed E-state index contributed by atoms with van der Waals surface area (Å²) in [6.07, 6.45) is 0. The van der Waals surface area contributed by atoms with Gasteiger partial charge in [-0.25, -0.2) is 0 Å². The summed E-state index contributed by atoms with van der Waals surface area (Å²) in [5, 5.41) is 21.9. The van der Waals surface area contributed by atoms with Crippen molar-refractivity contribution in [3.8, 4) is 11.8 Å². The first-order valence-electron chi connectivity index (χ1n) is 5.47. The van der Waals surface area contributed by atoms with Crippen LogP contribution < -0.4 is 5.32 Å². The number of benzene rings is 1.